The fourth-order valence-corrected chi connectivity index (χ4v) is 2.96. The van der Waals surface area contributed by atoms with Crippen LogP contribution in [0.15, 0.2) is 60.8 Å². The Balaban J connectivity index is 1.66. The molecule has 0 radical (unpaired) electrons. The summed E-state index contributed by atoms with van der Waals surface area (Å²) < 4.78 is 1.59. The number of hydrogen-bond acceptors (Lipinski definition) is 5. The Morgan fingerprint density at radius 3 is 2.52 bits per heavy atom. The molecule has 1 aromatic heterocycles. The molecule has 3 N–H and O–H groups in total. The Kier molecular flexibility index (Phi) is 6.70. The second-order valence-corrected chi connectivity index (χ2v) is 6.82. The molecule has 2 aromatic carbocycles. The average Bonchev–Trinajstić information content (AvgIpc) is 3.22. The lowest BCUT2D eigenvalue weighted by atomic mass is 10.0. The molecule has 0 aliphatic rings. The average molecular weight is 393 g/mol. The number of hydroxylamine groups is 1. The number of aromatic nitrogens is 3. The number of hydrogen-bond donors (Lipinski definition) is 3. The van der Waals surface area contributed by atoms with Crippen molar-refractivity contribution in [1.29, 1.82) is 0 Å². The number of nitrogens with zero attached hydrogens (tertiary/aromatic N) is 3. The first-order valence-electron chi connectivity index (χ1n) is 9.27. The van der Waals surface area contributed by atoms with Crippen LogP contribution in [0.25, 0.3) is 0 Å². The van der Waals surface area contributed by atoms with Crippen LogP contribution in [0.4, 0.5) is 0 Å². The first kappa shape index (κ1) is 20.2. The van der Waals surface area contributed by atoms with Crippen LogP contribution in [0.3, 0.4) is 0 Å². The van der Waals surface area contributed by atoms with E-state index in [2.05, 4.69) is 15.6 Å². The van der Waals surface area contributed by atoms with E-state index in [1.807, 2.05) is 49.4 Å². The van der Waals surface area contributed by atoms with Crippen molar-refractivity contribution in [3.63, 3.8) is 0 Å². The van der Waals surface area contributed by atoms with Crippen molar-refractivity contribution in [1.82, 2.24) is 25.8 Å². The van der Waals surface area contributed by atoms with Gasteiger partial charge < -0.3 is 5.32 Å². The molecule has 0 aliphatic carbocycles. The summed E-state index contributed by atoms with van der Waals surface area (Å²) in [4.78, 5) is 24.0. The fourth-order valence-electron chi connectivity index (χ4n) is 2.96. The van der Waals surface area contributed by atoms with Gasteiger partial charge >= 0.3 is 0 Å². The third-order valence-corrected chi connectivity index (χ3v) is 4.54. The van der Waals surface area contributed by atoms with Crippen molar-refractivity contribution in [2.45, 2.75) is 32.4 Å². The topological polar surface area (TPSA) is 109 Å². The van der Waals surface area contributed by atoms with E-state index >= 15 is 0 Å². The summed E-state index contributed by atoms with van der Waals surface area (Å²) in [6, 6.07) is 16.7. The molecule has 1 unspecified atom stereocenters. The Bertz CT molecular complexity index is 954. The van der Waals surface area contributed by atoms with Gasteiger partial charge in [-0.05, 0) is 31.0 Å². The van der Waals surface area contributed by atoms with Crippen molar-refractivity contribution in [3.8, 4) is 0 Å². The summed E-state index contributed by atoms with van der Waals surface area (Å²) in [7, 11) is 0. The molecule has 1 atom stereocenters. The molecule has 8 heteroatoms. The Labute approximate surface area is 168 Å². The number of rotatable bonds is 8. The van der Waals surface area contributed by atoms with Gasteiger partial charge in [-0.15, -0.1) is 5.10 Å². The monoisotopic (exact) mass is 393 g/mol. The largest absolute Gasteiger partial charge is 0.346 e. The van der Waals surface area contributed by atoms with Gasteiger partial charge in [0, 0.05) is 5.56 Å². The third-order valence-electron chi connectivity index (χ3n) is 4.54. The Hall–Kier alpha value is -3.52. The lowest BCUT2D eigenvalue weighted by Gasteiger charge is -2.16. The van der Waals surface area contributed by atoms with Crippen LogP contribution in [-0.4, -0.2) is 32.0 Å². The van der Waals surface area contributed by atoms with E-state index in [0.29, 0.717) is 17.7 Å². The minimum atomic E-state index is -0.504. The number of carbonyl (C=O) groups is 2. The van der Waals surface area contributed by atoms with Gasteiger partial charge in [0.05, 0.1) is 25.2 Å². The summed E-state index contributed by atoms with van der Waals surface area (Å²) in [6.07, 6.45) is 2.30. The smallest absolute Gasteiger partial charge is 0.251 e. The van der Waals surface area contributed by atoms with E-state index in [-0.39, 0.29) is 24.9 Å². The standard InChI is InChI=1S/C21H23N5O3/c1-15-7-9-17(10-8-15)21(28)22-13-18-14-26(25-23-18)19(12-20(27)24-29)11-16-5-3-2-4-6-16/h2-10,14,19,29H,11-13H2,1H3,(H,22,28)(H,24,27). The van der Waals surface area contributed by atoms with Crippen LogP contribution < -0.4 is 10.8 Å². The quantitative estimate of drug-likeness (QED) is 0.402. The molecule has 0 saturated heterocycles. The van der Waals surface area contributed by atoms with Crippen LogP contribution in [0, 0.1) is 6.92 Å². The second kappa shape index (κ2) is 9.61. The van der Waals surface area contributed by atoms with Crippen molar-refractivity contribution in [3.05, 3.63) is 83.2 Å². The van der Waals surface area contributed by atoms with Gasteiger partial charge in [-0.25, -0.2) is 10.2 Å². The maximum atomic E-state index is 12.2. The lowest BCUT2D eigenvalue weighted by molar-refractivity contribution is -0.130. The van der Waals surface area contributed by atoms with Crippen LogP contribution in [0.2, 0.25) is 0 Å². The number of aryl methyl sites for hydroxylation is 1. The molecule has 150 valence electrons. The van der Waals surface area contributed by atoms with E-state index < -0.39 is 5.91 Å². The van der Waals surface area contributed by atoms with Gasteiger partial charge in [0.2, 0.25) is 5.91 Å². The fraction of sp³-hybridized carbons (Fsp3) is 0.238. The summed E-state index contributed by atoms with van der Waals surface area (Å²) >= 11 is 0. The van der Waals surface area contributed by atoms with Gasteiger partial charge in [0.1, 0.15) is 5.69 Å². The zero-order chi connectivity index (χ0) is 20.6. The van der Waals surface area contributed by atoms with E-state index in [1.165, 1.54) is 0 Å². The van der Waals surface area contributed by atoms with E-state index in [9.17, 15) is 9.59 Å². The summed E-state index contributed by atoms with van der Waals surface area (Å²) in [5, 5.41) is 19.9. The van der Waals surface area contributed by atoms with Gasteiger partial charge in [-0.1, -0.05) is 53.2 Å². The number of amides is 2. The molecule has 2 amide bonds. The minimum Gasteiger partial charge on any atom is -0.346 e. The van der Waals surface area contributed by atoms with Crippen LogP contribution in [0.1, 0.15) is 39.6 Å². The van der Waals surface area contributed by atoms with Crippen LogP contribution in [0.5, 0.6) is 0 Å². The van der Waals surface area contributed by atoms with Gasteiger partial charge in [-0.2, -0.15) is 0 Å². The van der Waals surface area contributed by atoms with E-state index in [1.54, 1.807) is 28.5 Å². The molecule has 3 rings (SSSR count). The van der Waals surface area contributed by atoms with E-state index in [4.69, 9.17) is 5.21 Å². The van der Waals surface area contributed by atoms with Crippen molar-refractivity contribution >= 4 is 11.8 Å². The maximum absolute atomic E-state index is 12.2. The lowest BCUT2D eigenvalue weighted by Crippen LogP contribution is -2.25. The van der Waals surface area contributed by atoms with Crippen molar-refractivity contribution < 1.29 is 14.8 Å². The molecular weight excluding hydrogens is 370 g/mol. The Morgan fingerprint density at radius 1 is 1.10 bits per heavy atom. The molecule has 3 aromatic rings. The first-order chi connectivity index (χ1) is 14.0. The van der Waals surface area contributed by atoms with Gasteiger partial charge in [0.25, 0.3) is 5.91 Å². The highest BCUT2D eigenvalue weighted by atomic mass is 16.5. The molecule has 0 fully saturated rings. The summed E-state index contributed by atoms with van der Waals surface area (Å²) in [6.45, 7) is 2.18. The molecule has 1 heterocycles. The summed E-state index contributed by atoms with van der Waals surface area (Å²) in [5.74, 6) is -0.698. The van der Waals surface area contributed by atoms with Crippen LogP contribution in [-0.2, 0) is 17.8 Å². The number of benzene rings is 2. The molecular formula is C21H23N5O3. The van der Waals surface area contributed by atoms with Crippen molar-refractivity contribution in [2.24, 2.45) is 0 Å². The summed E-state index contributed by atoms with van der Waals surface area (Å²) in [5.41, 5.74) is 4.93. The Morgan fingerprint density at radius 2 is 1.83 bits per heavy atom. The van der Waals surface area contributed by atoms with Crippen molar-refractivity contribution in [2.75, 3.05) is 0 Å². The number of carbonyl (C=O) groups excluding carboxylic acids is 2. The zero-order valence-corrected chi connectivity index (χ0v) is 16.1. The van der Waals surface area contributed by atoms with Gasteiger partial charge in [0.15, 0.2) is 0 Å². The molecule has 0 spiro atoms. The zero-order valence-electron chi connectivity index (χ0n) is 16.1. The predicted octanol–water partition coefficient (Wildman–Crippen LogP) is 2.20. The predicted molar refractivity (Wildman–Crippen MR) is 106 cm³/mol. The molecule has 0 aliphatic heterocycles. The molecule has 29 heavy (non-hydrogen) atoms. The van der Waals surface area contributed by atoms with E-state index in [0.717, 1.165) is 11.1 Å². The number of nitrogens with one attached hydrogen (secondary N) is 2. The van der Waals surface area contributed by atoms with Gasteiger partial charge in [-0.3, -0.25) is 14.8 Å². The SMILES string of the molecule is Cc1ccc(C(=O)NCc2cn(C(CC(=O)NO)Cc3ccccc3)nn2)cc1. The normalized spacial score (nSPS) is 11.7. The molecule has 0 saturated carbocycles. The maximum Gasteiger partial charge on any atom is 0.251 e. The highest BCUT2D eigenvalue weighted by molar-refractivity contribution is 5.94. The second-order valence-electron chi connectivity index (χ2n) is 6.82. The highest BCUT2D eigenvalue weighted by Crippen LogP contribution is 2.17. The highest BCUT2D eigenvalue weighted by Gasteiger charge is 2.18. The minimum absolute atomic E-state index is 0.0456. The molecule has 0 bridgehead atoms. The molecule has 8 nitrogen and oxygen atoms in total. The van der Waals surface area contributed by atoms with Crippen LogP contribution >= 0.6 is 0 Å². The first-order valence-corrected chi connectivity index (χ1v) is 9.27. The third kappa shape index (κ3) is 5.73.